The van der Waals surface area contributed by atoms with Gasteiger partial charge in [-0.15, -0.1) is 0 Å². The summed E-state index contributed by atoms with van der Waals surface area (Å²) < 4.78 is 6.65. The van der Waals surface area contributed by atoms with E-state index < -0.39 is 0 Å². The highest BCUT2D eigenvalue weighted by atomic mass is 35.5. The number of aromatic nitrogens is 2. The first-order valence-electron chi connectivity index (χ1n) is 9.06. The van der Waals surface area contributed by atoms with E-state index in [9.17, 15) is 4.79 Å². The number of nitrogens with one attached hydrogen (secondary N) is 2. The SMILES string of the molecule is COc1ccc(Nc2nccn(-c3ccc(CC/C(=N/N)NN)cc3)c2=O)cc1Cl. The average molecular weight is 428 g/mol. The minimum atomic E-state index is -0.290. The first-order chi connectivity index (χ1) is 14.5. The summed E-state index contributed by atoms with van der Waals surface area (Å²) in [6.45, 7) is 0. The number of nitrogens with zero attached hydrogens (tertiary/aromatic N) is 3. The highest BCUT2D eigenvalue weighted by Crippen LogP contribution is 2.28. The molecule has 30 heavy (non-hydrogen) atoms. The van der Waals surface area contributed by atoms with Gasteiger partial charge in [0.05, 0.1) is 12.1 Å². The van der Waals surface area contributed by atoms with E-state index in [0.29, 0.717) is 40.8 Å². The van der Waals surface area contributed by atoms with Crippen LogP contribution in [0.1, 0.15) is 12.0 Å². The topological polar surface area (TPSA) is 133 Å². The predicted octanol–water partition coefficient (Wildman–Crippen LogP) is 2.31. The number of aryl methyl sites for hydroxylation is 1. The number of nitrogens with two attached hydrogens (primary N) is 2. The molecule has 6 N–H and O–H groups in total. The highest BCUT2D eigenvalue weighted by Gasteiger charge is 2.09. The molecule has 0 unspecified atom stereocenters. The number of ether oxygens (including phenoxy) is 1. The number of rotatable bonds is 7. The third-order valence-corrected chi connectivity index (χ3v) is 4.74. The Balaban J connectivity index is 1.79. The van der Waals surface area contributed by atoms with Gasteiger partial charge in [-0.2, -0.15) is 5.10 Å². The van der Waals surface area contributed by atoms with Crippen LogP contribution in [0.25, 0.3) is 5.69 Å². The number of halogens is 1. The van der Waals surface area contributed by atoms with Crippen LogP contribution in [0, 0.1) is 0 Å². The van der Waals surface area contributed by atoms with Crippen LogP contribution in [-0.2, 0) is 6.42 Å². The second-order valence-corrected chi connectivity index (χ2v) is 6.72. The summed E-state index contributed by atoms with van der Waals surface area (Å²) in [6.07, 6.45) is 4.46. The van der Waals surface area contributed by atoms with Crippen LogP contribution in [0.4, 0.5) is 11.5 Å². The fourth-order valence-electron chi connectivity index (χ4n) is 2.84. The third-order valence-electron chi connectivity index (χ3n) is 4.44. The smallest absolute Gasteiger partial charge is 0.298 e. The Bertz CT molecular complexity index is 1100. The molecule has 2 aromatic carbocycles. The maximum Gasteiger partial charge on any atom is 0.298 e. The van der Waals surface area contributed by atoms with E-state index in [1.807, 2.05) is 24.3 Å². The van der Waals surface area contributed by atoms with Crippen molar-refractivity contribution in [3.05, 3.63) is 75.8 Å². The number of hydrazone groups is 1. The third kappa shape index (κ3) is 4.88. The zero-order valence-electron chi connectivity index (χ0n) is 16.3. The van der Waals surface area contributed by atoms with E-state index in [1.54, 1.807) is 30.6 Å². The molecule has 0 amide bonds. The lowest BCUT2D eigenvalue weighted by molar-refractivity contribution is 0.415. The lowest BCUT2D eigenvalue weighted by Gasteiger charge is -2.11. The van der Waals surface area contributed by atoms with Gasteiger partial charge in [0.15, 0.2) is 5.82 Å². The summed E-state index contributed by atoms with van der Waals surface area (Å²) in [5.74, 6) is 11.8. The maximum atomic E-state index is 12.9. The minimum absolute atomic E-state index is 0.181. The van der Waals surface area contributed by atoms with Crippen LogP contribution in [0.2, 0.25) is 5.02 Å². The van der Waals surface area contributed by atoms with E-state index in [-0.39, 0.29) is 11.4 Å². The Hall–Kier alpha value is -3.56. The van der Waals surface area contributed by atoms with Gasteiger partial charge in [0.1, 0.15) is 11.6 Å². The Morgan fingerprint density at radius 1 is 1.27 bits per heavy atom. The average Bonchev–Trinajstić information content (AvgIpc) is 2.77. The standard InChI is InChI=1S/C20H22ClN7O2/c1-30-17-8-5-14(12-16(17)21)25-19-20(29)28(11-10-24-19)15-6-2-13(3-7-15)4-9-18(26-22)27-23/h2-3,5-8,10-12H,4,9,22-23H2,1H3,(H,24,25)(H,26,27). The Kier molecular flexibility index (Phi) is 6.89. The van der Waals surface area contributed by atoms with Crippen molar-refractivity contribution in [1.82, 2.24) is 15.0 Å². The summed E-state index contributed by atoms with van der Waals surface area (Å²) in [4.78, 5) is 17.0. The van der Waals surface area contributed by atoms with Gasteiger partial charge in [-0.1, -0.05) is 23.7 Å². The Morgan fingerprint density at radius 3 is 2.67 bits per heavy atom. The number of hydrogen-bond donors (Lipinski definition) is 4. The van der Waals surface area contributed by atoms with Crippen molar-refractivity contribution in [2.45, 2.75) is 12.8 Å². The van der Waals surface area contributed by atoms with E-state index in [2.05, 4.69) is 20.8 Å². The predicted molar refractivity (Wildman–Crippen MR) is 118 cm³/mol. The molecule has 0 aliphatic rings. The molecule has 0 aliphatic heterocycles. The van der Waals surface area contributed by atoms with Gasteiger partial charge in [0.25, 0.3) is 5.56 Å². The molecule has 3 rings (SSSR count). The summed E-state index contributed by atoms with van der Waals surface area (Å²) >= 11 is 6.15. The quantitative estimate of drug-likeness (QED) is 0.197. The second kappa shape index (κ2) is 9.77. The fraction of sp³-hybridized carbons (Fsp3) is 0.150. The van der Waals surface area contributed by atoms with E-state index in [1.165, 1.54) is 11.7 Å². The Labute approximate surface area is 178 Å². The molecular formula is C20H22ClN7O2. The van der Waals surface area contributed by atoms with Crippen molar-refractivity contribution in [3.63, 3.8) is 0 Å². The van der Waals surface area contributed by atoms with Crippen molar-refractivity contribution in [3.8, 4) is 11.4 Å². The number of amidine groups is 1. The van der Waals surface area contributed by atoms with Crippen LogP contribution in [0.5, 0.6) is 5.75 Å². The molecule has 0 atom stereocenters. The lowest BCUT2D eigenvalue weighted by atomic mass is 10.1. The zero-order chi connectivity index (χ0) is 21.5. The summed E-state index contributed by atoms with van der Waals surface area (Å²) in [6, 6.07) is 12.7. The molecule has 3 aromatic rings. The largest absolute Gasteiger partial charge is 0.495 e. The molecular weight excluding hydrogens is 406 g/mol. The number of methoxy groups -OCH3 is 1. The van der Waals surface area contributed by atoms with Crippen LogP contribution in [-0.4, -0.2) is 22.5 Å². The fourth-order valence-corrected chi connectivity index (χ4v) is 3.10. The van der Waals surface area contributed by atoms with Gasteiger partial charge in [-0.3, -0.25) is 9.36 Å². The molecule has 0 bridgehead atoms. The van der Waals surface area contributed by atoms with Crippen molar-refractivity contribution in [1.29, 1.82) is 0 Å². The van der Waals surface area contributed by atoms with Gasteiger partial charge in [0, 0.05) is 30.2 Å². The van der Waals surface area contributed by atoms with E-state index in [4.69, 9.17) is 28.0 Å². The first kappa shape index (κ1) is 21.2. The summed E-state index contributed by atoms with van der Waals surface area (Å²) in [5.41, 5.74) is 4.57. The Morgan fingerprint density at radius 2 is 2.03 bits per heavy atom. The lowest BCUT2D eigenvalue weighted by Crippen LogP contribution is -2.31. The highest BCUT2D eigenvalue weighted by molar-refractivity contribution is 6.32. The number of anilines is 2. The van der Waals surface area contributed by atoms with Crippen molar-refractivity contribution in [2.75, 3.05) is 12.4 Å². The number of benzene rings is 2. The van der Waals surface area contributed by atoms with E-state index in [0.717, 1.165) is 5.56 Å². The molecule has 0 aliphatic carbocycles. The van der Waals surface area contributed by atoms with Crippen molar-refractivity contribution < 1.29 is 4.74 Å². The van der Waals surface area contributed by atoms with E-state index >= 15 is 0 Å². The second-order valence-electron chi connectivity index (χ2n) is 6.31. The van der Waals surface area contributed by atoms with Gasteiger partial charge >= 0.3 is 0 Å². The van der Waals surface area contributed by atoms with Crippen molar-refractivity contribution in [2.24, 2.45) is 16.8 Å². The maximum absolute atomic E-state index is 12.9. The summed E-state index contributed by atoms with van der Waals surface area (Å²) in [7, 11) is 1.54. The van der Waals surface area contributed by atoms with Crippen LogP contribution in [0.3, 0.4) is 0 Å². The molecule has 156 valence electrons. The molecule has 10 heteroatoms. The van der Waals surface area contributed by atoms with Crippen LogP contribution >= 0.6 is 11.6 Å². The normalized spacial score (nSPS) is 11.2. The molecule has 0 saturated heterocycles. The number of hydrazine groups is 1. The first-order valence-corrected chi connectivity index (χ1v) is 9.44. The molecule has 0 fully saturated rings. The molecule has 1 heterocycles. The molecule has 0 spiro atoms. The number of hydrogen-bond acceptors (Lipinski definition) is 7. The molecule has 9 nitrogen and oxygen atoms in total. The zero-order valence-corrected chi connectivity index (χ0v) is 17.1. The molecule has 0 saturated carbocycles. The molecule has 0 radical (unpaired) electrons. The molecule has 1 aromatic heterocycles. The van der Waals surface area contributed by atoms with Gasteiger partial charge in [0.2, 0.25) is 0 Å². The minimum Gasteiger partial charge on any atom is -0.495 e. The van der Waals surface area contributed by atoms with Crippen molar-refractivity contribution >= 4 is 28.9 Å². The van der Waals surface area contributed by atoms with Gasteiger partial charge in [-0.25, -0.2) is 10.8 Å². The van der Waals surface area contributed by atoms with Gasteiger partial charge < -0.3 is 21.3 Å². The van der Waals surface area contributed by atoms with Crippen LogP contribution in [0.15, 0.2) is 64.8 Å². The van der Waals surface area contributed by atoms with Gasteiger partial charge in [-0.05, 0) is 42.3 Å². The summed E-state index contributed by atoms with van der Waals surface area (Å²) in [5, 5.41) is 7.00. The van der Waals surface area contributed by atoms with Crippen LogP contribution < -0.4 is 32.7 Å². The monoisotopic (exact) mass is 427 g/mol.